The summed E-state index contributed by atoms with van der Waals surface area (Å²) in [6, 6.07) is 0. The number of hydrogen-bond acceptors (Lipinski definition) is 2. The maximum atomic E-state index is 5.72. The average Bonchev–Trinajstić information content (AvgIpc) is 2.81. The smallest absolute Gasteiger partial charge is 0.0700 e. The summed E-state index contributed by atoms with van der Waals surface area (Å²) in [5, 5.41) is 0. The summed E-state index contributed by atoms with van der Waals surface area (Å²) in [4.78, 5) is 0. The van der Waals surface area contributed by atoms with Gasteiger partial charge in [-0.25, -0.2) is 0 Å². The summed E-state index contributed by atoms with van der Waals surface area (Å²) in [5.41, 5.74) is 0. The van der Waals surface area contributed by atoms with E-state index in [1.165, 1.54) is 154 Å². The minimum atomic E-state index is 0.774. The van der Waals surface area contributed by atoms with E-state index in [4.69, 9.17) is 9.47 Å². The van der Waals surface area contributed by atoms with Gasteiger partial charge < -0.3 is 9.47 Å². The fourth-order valence-electron chi connectivity index (χ4n) is 4.41. The van der Waals surface area contributed by atoms with Crippen LogP contribution in [0.3, 0.4) is 0 Å². The highest BCUT2D eigenvalue weighted by molar-refractivity contribution is 4.50. The average molecular weight is 455 g/mol. The molecule has 0 aliphatic carbocycles. The Morgan fingerprint density at radius 2 is 0.469 bits per heavy atom. The lowest BCUT2D eigenvalue weighted by atomic mass is 10.0. The van der Waals surface area contributed by atoms with Gasteiger partial charge in [0, 0.05) is 13.2 Å². The second kappa shape index (κ2) is 30.9. The molecule has 32 heavy (non-hydrogen) atoms. The maximum Gasteiger partial charge on any atom is 0.0700 e. The molecule has 0 bridgehead atoms. The molecule has 2 heteroatoms. The molecule has 0 unspecified atom stereocenters. The third-order valence-corrected chi connectivity index (χ3v) is 6.66. The molecule has 0 saturated carbocycles. The van der Waals surface area contributed by atoms with Crippen LogP contribution in [0.2, 0.25) is 0 Å². The first-order chi connectivity index (χ1) is 15.9. The van der Waals surface area contributed by atoms with Gasteiger partial charge in [-0.05, 0) is 12.8 Å². The van der Waals surface area contributed by atoms with E-state index in [2.05, 4.69) is 13.8 Å². The van der Waals surface area contributed by atoms with Crippen molar-refractivity contribution in [2.24, 2.45) is 0 Å². The molecular weight excluding hydrogens is 392 g/mol. The summed E-state index contributed by atoms with van der Waals surface area (Å²) in [6.07, 6.45) is 33.6. The van der Waals surface area contributed by atoms with Gasteiger partial charge in [0.1, 0.15) is 0 Å². The van der Waals surface area contributed by atoms with Gasteiger partial charge in [-0.15, -0.1) is 0 Å². The maximum absolute atomic E-state index is 5.72. The first kappa shape index (κ1) is 31.9. The molecule has 0 atom stereocenters. The molecule has 0 aromatic carbocycles. The van der Waals surface area contributed by atoms with Crippen molar-refractivity contribution in [2.45, 2.75) is 168 Å². The fraction of sp³-hybridized carbons (Fsp3) is 1.00. The molecule has 0 saturated heterocycles. The zero-order valence-electron chi connectivity index (χ0n) is 22.6. The van der Waals surface area contributed by atoms with Gasteiger partial charge >= 0.3 is 0 Å². The molecule has 0 aliphatic heterocycles. The molecule has 0 heterocycles. The number of hydrogen-bond donors (Lipinski definition) is 0. The van der Waals surface area contributed by atoms with Crippen molar-refractivity contribution in [2.75, 3.05) is 26.4 Å². The molecule has 0 N–H and O–H groups in total. The van der Waals surface area contributed by atoms with Gasteiger partial charge in [-0.3, -0.25) is 0 Å². The van der Waals surface area contributed by atoms with Gasteiger partial charge in [0.15, 0.2) is 0 Å². The van der Waals surface area contributed by atoms with Crippen LogP contribution in [0.1, 0.15) is 168 Å². The van der Waals surface area contributed by atoms with Crippen molar-refractivity contribution in [3.8, 4) is 0 Å². The van der Waals surface area contributed by atoms with E-state index in [1.54, 1.807) is 0 Å². The molecular formula is C30H62O2. The zero-order valence-corrected chi connectivity index (χ0v) is 22.6. The van der Waals surface area contributed by atoms with E-state index in [0.29, 0.717) is 0 Å². The van der Waals surface area contributed by atoms with E-state index < -0.39 is 0 Å². The largest absolute Gasteiger partial charge is 0.379 e. The Morgan fingerprint density at radius 3 is 0.719 bits per heavy atom. The van der Waals surface area contributed by atoms with Crippen LogP contribution in [0.5, 0.6) is 0 Å². The number of unbranched alkanes of at least 4 members (excludes halogenated alkanes) is 22. The van der Waals surface area contributed by atoms with Gasteiger partial charge in [0.05, 0.1) is 13.2 Å². The van der Waals surface area contributed by atoms with Crippen LogP contribution in [0.4, 0.5) is 0 Å². The summed E-state index contributed by atoms with van der Waals surface area (Å²) in [7, 11) is 0. The monoisotopic (exact) mass is 454 g/mol. The minimum absolute atomic E-state index is 0.774. The number of rotatable bonds is 29. The van der Waals surface area contributed by atoms with Gasteiger partial charge in [-0.2, -0.15) is 0 Å². The Hall–Kier alpha value is -0.0800. The van der Waals surface area contributed by atoms with Gasteiger partial charge in [-0.1, -0.05) is 155 Å². The Kier molecular flexibility index (Phi) is 30.8. The molecule has 0 spiro atoms. The summed E-state index contributed by atoms with van der Waals surface area (Å²) in [6.45, 7) is 7.96. The SMILES string of the molecule is CCCCCCCCCCCCCCCOCCOCCCCCCCCCCCCC. The highest BCUT2D eigenvalue weighted by Crippen LogP contribution is 2.13. The molecule has 0 aromatic rings. The van der Waals surface area contributed by atoms with E-state index in [0.717, 1.165) is 26.4 Å². The van der Waals surface area contributed by atoms with Crippen LogP contribution in [0.25, 0.3) is 0 Å². The molecule has 194 valence electrons. The summed E-state index contributed by atoms with van der Waals surface area (Å²) >= 11 is 0. The number of ether oxygens (including phenoxy) is 2. The molecule has 0 amide bonds. The zero-order chi connectivity index (χ0) is 23.2. The predicted octanol–water partition coefficient (Wildman–Crippen LogP) is 10.4. The lowest BCUT2D eigenvalue weighted by Gasteiger charge is -2.06. The Morgan fingerprint density at radius 1 is 0.250 bits per heavy atom. The van der Waals surface area contributed by atoms with Crippen LogP contribution in [-0.2, 0) is 9.47 Å². The van der Waals surface area contributed by atoms with E-state index >= 15 is 0 Å². The summed E-state index contributed by atoms with van der Waals surface area (Å²) in [5.74, 6) is 0. The fourth-order valence-corrected chi connectivity index (χ4v) is 4.41. The first-order valence-electron chi connectivity index (χ1n) is 15.1. The first-order valence-corrected chi connectivity index (χ1v) is 15.1. The highest BCUT2D eigenvalue weighted by Gasteiger charge is 1.96. The molecule has 0 rings (SSSR count). The van der Waals surface area contributed by atoms with Crippen LogP contribution in [-0.4, -0.2) is 26.4 Å². The Bertz CT molecular complexity index is 275. The molecule has 0 aromatic heterocycles. The molecule has 2 nitrogen and oxygen atoms in total. The minimum Gasteiger partial charge on any atom is -0.379 e. The molecule has 0 fully saturated rings. The van der Waals surface area contributed by atoms with E-state index in [-0.39, 0.29) is 0 Å². The third-order valence-electron chi connectivity index (χ3n) is 6.66. The molecule has 0 aliphatic rings. The van der Waals surface area contributed by atoms with Crippen molar-refractivity contribution in [3.63, 3.8) is 0 Å². The quantitative estimate of drug-likeness (QED) is 0.105. The van der Waals surface area contributed by atoms with Crippen molar-refractivity contribution in [1.29, 1.82) is 0 Å². The van der Waals surface area contributed by atoms with Gasteiger partial charge in [0.25, 0.3) is 0 Å². The Balaban J connectivity index is 2.98. The lowest BCUT2D eigenvalue weighted by molar-refractivity contribution is 0.0448. The van der Waals surface area contributed by atoms with Crippen LogP contribution >= 0.6 is 0 Å². The summed E-state index contributed by atoms with van der Waals surface area (Å²) < 4.78 is 11.4. The topological polar surface area (TPSA) is 18.5 Å². The van der Waals surface area contributed by atoms with Crippen molar-refractivity contribution in [3.05, 3.63) is 0 Å². The molecule has 0 radical (unpaired) electrons. The van der Waals surface area contributed by atoms with E-state index in [9.17, 15) is 0 Å². The van der Waals surface area contributed by atoms with Crippen molar-refractivity contribution in [1.82, 2.24) is 0 Å². The predicted molar refractivity (Wildman–Crippen MR) is 144 cm³/mol. The second-order valence-corrected chi connectivity index (χ2v) is 10.0. The lowest BCUT2D eigenvalue weighted by Crippen LogP contribution is -2.06. The van der Waals surface area contributed by atoms with E-state index in [1.807, 2.05) is 0 Å². The second-order valence-electron chi connectivity index (χ2n) is 10.0. The van der Waals surface area contributed by atoms with Gasteiger partial charge in [0.2, 0.25) is 0 Å². The standard InChI is InChI=1S/C30H62O2/c1-3-5-7-9-11-13-15-16-18-20-22-24-26-28-32-30-29-31-27-25-23-21-19-17-14-12-10-8-6-4-2/h3-30H2,1-2H3. The van der Waals surface area contributed by atoms with Crippen LogP contribution < -0.4 is 0 Å². The van der Waals surface area contributed by atoms with Crippen molar-refractivity contribution >= 4 is 0 Å². The highest BCUT2D eigenvalue weighted by atomic mass is 16.5. The van der Waals surface area contributed by atoms with Crippen LogP contribution in [0, 0.1) is 0 Å². The normalized spacial score (nSPS) is 11.4. The van der Waals surface area contributed by atoms with Crippen LogP contribution in [0.15, 0.2) is 0 Å². The Labute approximate surface area is 204 Å². The third kappa shape index (κ3) is 29.9. The van der Waals surface area contributed by atoms with Crippen molar-refractivity contribution < 1.29 is 9.47 Å².